The second kappa shape index (κ2) is 7.85. The standard InChI is InChI=1S/C20H22N2O3S/c1-13(18-6-5-11-26-18)22(3)12-17-14(2)25-19(21-17)15-7-9-16(10-8-15)20(23)24-4/h5-11,13H,12H2,1-4H3/t13-/m0/s1. The van der Waals surface area contributed by atoms with Crippen LogP contribution in [0.15, 0.2) is 46.2 Å². The number of carbonyl (C=O) groups is 1. The van der Waals surface area contributed by atoms with Gasteiger partial charge in [0.1, 0.15) is 5.76 Å². The third-order valence-electron chi connectivity index (χ3n) is 4.46. The Morgan fingerprint density at radius 3 is 2.65 bits per heavy atom. The largest absolute Gasteiger partial charge is 0.465 e. The molecule has 6 heteroatoms. The minimum absolute atomic E-state index is 0.314. The van der Waals surface area contributed by atoms with E-state index in [4.69, 9.17) is 9.15 Å². The molecule has 0 saturated heterocycles. The summed E-state index contributed by atoms with van der Waals surface area (Å²) in [4.78, 5) is 19.8. The predicted octanol–water partition coefficient (Wildman–Crippen LogP) is 4.69. The van der Waals surface area contributed by atoms with Gasteiger partial charge >= 0.3 is 5.97 Å². The van der Waals surface area contributed by atoms with Crippen molar-refractivity contribution in [1.29, 1.82) is 0 Å². The van der Waals surface area contributed by atoms with E-state index in [0.717, 1.165) is 17.0 Å². The molecule has 3 aromatic rings. The van der Waals surface area contributed by atoms with Crippen LogP contribution in [0.5, 0.6) is 0 Å². The molecule has 0 saturated carbocycles. The van der Waals surface area contributed by atoms with E-state index < -0.39 is 0 Å². The van der Waals surface area contributed by atoms with E-state index in [1.165, 1.54) is 12.0 Å². The Labute approximate surface area is 157 Å². The molecule has 3 rings (SSSR count). The average Bonchev–Trinajstić information content (AvgIpc) is 3.31. The Hall–Kier alpha value is -2.44. The van der Waals surface area contributed by atoms with E-state index in [0.29, 0.717) is 24.0 Å². The minimum Gasteiger partial charge on any atom is -0.465 e. The minimum atomic E-state index is -0.356. The van der Waals surface area contributed by atoms with Crippen molar-refractivity contribution in [2.24, 2.45) is 0 Å². The molecule has 136 valence electrons. The molecule has 2 aromatic heterocycles. The van der Waals surface area contributed by atoms with Crippen molar-refractivity contribution in [1.82, 2.24) is 9.88 Å². The molecule has 2 heterocycles. The lowest BCUT2D eigenvalue weighted by molar-refractivity contribution is 0.0600. The first-order chi connectivity index (χ1) is 12.5. The molecule has 0 aliphatic rings. The van der Waals surface area contributed by atoms with E-state index in [1.54, 1.807) is 23.5 Å². The summed E-state index contributed by atoms with van der Waals surface area (Å²) < 4.78 is 10.6. The fourth-order valence-electron chi connectivity index (χ4n) is 2.68. The first-order valence-corrected chi connectivity index (χ1v) is 9.26. The molecular formula is C20H22N2O3S. The summed E-state index contributed by atoms with van der Waals surface area (Å²) in [6.45, 7) is 4.82. The van der Waals surface area contributed by atoms with E-state index in [9.17, 15) is 4.79 Å². The van der Waals surface area contributed by atoms with Crippen LogP contribution in [0.4, 0.5) is 0 Å². The molecule has 0 N–H and O–H groups in total. The second-order valence-corrected chi connectivity index (χ2v) is 7.18. The van der Waals surface area contributed by atoms with Crippen LogP contribution in [0, 0.1) is 6.92 Å². The van der Waals surface area contributed by atoms with Crippen LogP contribution < -0.4 is 0 Å². The van der Waals surface area contributed by atoms with Gasteiger partial charge in [0.25, 0.3) is 0 Å². The number of benzene rings is 1. The van der Waals surface area contributed by atoms with Crippen LogP contribution in [0.25, 0.3) is 11.5 Å². The van der Waals surface area contributed by atoms with Gasteiger partial charge in [-0.25, -0.2) is 9.78 Å². The van der Waals surface area contributed by atoms with Crippen molar-refractivity contribution in [3.05, 3.63) is 63.7 Å². The summed E-state index contributed by atoms with van der Waals surface area (Å²) in [6, 6.07) is 11.6. The lowest BCUT2D eigenvalue weighted by Crippen LogP contribution is -2.21. The summed E-state index contributed by atoms with van der Waals surface area (Å²) in [7, 11) is 3.46. The molecule has 0 aliphatic carbocycles. The molecule has 0 fully saturated rings. The zero-order chi connectivity index (χ0) is 18.7. The summed E-state index contributed by atoms with van der Waals surface area (Å²) in [5, 5.41) is 2.09. The highest BCUT2D eigenvalue weighted by molar-refractivity contribution is 7.10. The smallest absolute Gasteiger partial charge is 0.337 e. The van der Waals surface area contributed by atoms with Crippen LogP contribution in [-0.2, 0) is 11.3 Å². The van der Waals surface area contributed by atoms with Crippen molar-refractivity contribution in [2.75, 3.05) is 14.2 Å². The number of methoxy groups -OCH3 is 1. The lowest BCUT2D eigenvalue weighted by Gasteiger charge is -2.22. The highest BCUT2D eigenvalue weighted by Crippen LogP contribution is 2.27. The Balaban J connectivity index is 1.75. The molecule has 0 spiro atoms. The van der Waals surface area contributed by atoms with Gasteiger partial charge in [-0.1, -0.05) is 6.07 Å². The molecule has 1 aromatic carbocycles. The number of oxazole rings is 1. The zero-order valence-corrected chi connectivity index (χ0v) is 16.2. The number of aromatic nitrogens is 1. The first kappa shape index (κ1) is 18.4. The van der Waals surface area contributed by atoms with Crippen molar-refractivity contribution >= 4 is 17.3 Å². The molecule has 0 aliphatic heterocycles. The van der Waals surface area contributed by atoms with Crippen LogP contribution in [0.3, 0.4) is 0 Å². The number of nitrogens with zero attached hydrogens (tertiary/aromatic N) is 2. The van der Waals surface area contributed by atoms with Gasteiger partial charge in [-0.05, 0) is 56.6 Å². The van der Waals surface area contributed by atoms with Gasteiger partial charge in [0.2, 0.25) is 5.89 Å². The van der Waals surface area contributed by atoms with Gasteiger partial charge in [-0.15, -0.1) is 11.3 Å². The highest BCUT2D eigenvalue weighted by Gasteiger charge is 2.18. The number of carbonyl (C=O) groups excluding carboxylic acids is 1. The number of hydrogen-bond acceptors (Lipinski definition) is 6. The van der Waals surface area contributed by atoms with Crippen molar-refractivity contribution in [2.45, 2.75) is 26.4 Å². The summed E-state index contributed by atoms with van der Waals surface area (Å²) in [5.41, 5.74) is 2.26. The van der Waals surface area contributed by atoms with Gasteiger partial charge in [-0.2, -0.15) is 0 Å². The monoisotopic (exact) mass is 370 g/mol. The van der Waals surface area contributed by atoms with Crippen LogP contribution in [-0.4, -0.2) is 30.0 Å². The van der Waals surface area contributed by atoms with Crippen molar-refractivity contribution in [3.63, 3.8) is 0 Å². The van der Waals surface area contributed by atoms with Gasteiger partial charge in [-0.3, -0.25) is 4.90 Å². The summed E-state index contributed by atoms with van der Waals surface area (Å²) in [5.74, 6) is 1.01. The Kier molecular flexibility index (Phi) is 5.54. The fourth-order valence-corrected chi connectivity index (χ4v) is 3.53. The van der Waals surface area contributed by atoms with E-state index >= 15 is 0 Å². The predicted molar refractivity (Wildman–Crippen MR) is 102 cm³/mol. The third-order valence-corrected chi connectivity index (χ3v) is 5.50. The average molecular weight is 370 g/mol. The zero-order valence-electron chi connectivity index (χ0n) is 15.4. The normalized spacial score (nSPS) is 12.3. The van der Waals surface area contributed by atoms with Crippen molar-refractivity contribution in [3.8, 4) is 11.5 Å². The second-order valence-electron chi connectivity index (χ2n) is 6.20. The van der Waals surface area contributed by atoms with Gasteiger partial charge in [0.05, 0.1) is 18.4 Å². The Morgan fingerprint density at radius 1 is 1.31 bits per heavy atom. The SMILES string of the molecule is COC(=O)c1ccc(-c2nc(CN(C)[C@@H](C)c3cccs3)c(C)o2)cc1. The maximum atomic E-state index is 11.5. The number of rotatable bonds is 6. The maximum absolute atomic E-state index is 11.5. The fraction of sp³-hybridized carbons (Fsp3) is 0.300. The van der Waals surface area contributed by atoms with E-state index in [1.807, 2.05) is 19.1 Å². The number of aryl methyl sites for hydroxylation is 1. The summed E-state index contributed by atoms with van der Waals surface area (Å²) in [6.07, 6.45) is 0. The maximum Gasteiger partial charge on any atom is 0.337 e. The van der Waals surface area contributed by atoms with Crippen LogP contribution >= 0.6 is 11.3 Å². The first-order valence-electron chi connectivity index (χ1n) is 8.38. The lowest BCUT2D eigenvalue weighted by atomic mass is 10.1. The Morgan fingerprint density at radius 2 is 2.04 bits per heavy atom. The van der Waals surface area contributed by atoms with Gasteiger partial charge in [0, 0.05) is 23.0 Å². The van der Waals surface area contributed by atoms with Crippen LogP contribution in [0.2, 0.25) is 0 Å². The van der Waals surface area contributed by atoms with Crippen molar-refractivity contribution < 1.29 is 13.9 Å². The van der Waals surface area contributed by atoms with Crippen LogP contribution in [0.1, 0.15) is 39.7 Å². The molecule has 1 atom stereocenters. The van der Waals surface area contributed by atoms with E-state index in [2.05, 4.69) is 41.4 Å². The quantitative estimate of drug-likeness (QED) is 0.589. The Bertz CT molecular complexity index is 869. The number of ether oxygens (including phenoxy) is 1. The molecule has 26 heavy (non-hydrogen) atoms. The van der Waals surface area contributed by atoms with Gasteiger partial charge in [0.15, 0.2) is 0 Å². The molecule has 5 nitrogen and oxygen atoms in total. The molecular weight excluding hydrogens is 348 g/mol. The topological polar surface area (TPSA) is 55.6 Å². The highest BCUT2D eigenvalue weighted by atomic mass is 32.1. The number of esters is 1. The summed E-state index contributed by atoms with van der Waals surface area (Å²) >= 11 is 1.76. The molecule has 0 bridgehead atoms. The van der Waals surface area contributed by atoms with Gasteiger partial charge < -0.3 is 9.15 Å². The third kappa shape index (κ3) is 3.86. The molecule has 0 radical (unpaired) electrons. The molecule has 0 unspecified atom stereocenters. The van der Waals surface area contributed by atoms with E-state index in [-0.39, 0.29) is 5.97 Å². The number of hydrogen-bond donors (Lipinski definition) is 0. The number of thiophene rings is 1. The molecule has 0 amide bonds.